The highest BCUT2D eigenvalue weighted by Gasteiger charge is 2.26. The summed E-state index contributed by atoms with van der Waals surface area (Å²) in [6, 6.07) is 11.8. The van der Waals surface area contributed by atoms with Crippen molar-refractivity contribution in [2.75, 3.05) is 24.4 Å². The molecule has 4 rings (SSSR count). The highest BCUT2D eigenvalue weighted by atomic mass is 32.2. The fourth-order valence-corrected chi connectivity index (χ4v) is 4.85. The Hall–Kier alpha value is -3.24. The molecule has 1 atom stereocenters. The molecule has 0 bridgehead atoms. The standard InChI is InChI=1S/C23H23F2N3O4S/c24-19-10-9-18(14-20(19)25)33(30,31)27-17-7-5-16(6-8-17)23(29)26-15-21(22-4-3-13-32-22)28-11-1-2-12-28/h3-10,13-14,21,27H,1-2,11-12,15H2,(H,26,29)/t21-/m1/s1. The number of sulfonamides is 1. The molecule has 0 radical (unpaired) electrons. The average Bonchev–Trinajstić information content (AvgIpc) is 3.51. The molecule has 10 heteroatoms. The van der Waals surface area contributed by atoms with Gasteiger partial charge in [0.15, 0.2) is 11.6 Å². The predicted octanol–water partition coefficient (Wildman–Crippen LogP) is 3.93. The van der Waals surface area contributed by atoms with Crippen molar-refractivity contribution in [3.63, 3.8) is 0 Å². The number of carbonyl (C=O) groups excluding carboxylic acids is 1. The molecule has 174 valence electrons. The quantitative estimate of drug-likeness (QED) is 0.515. The van der Waals surface area contributed by atoms with Crippen LogP contribution < -0.4 is 10.0 Å². The number of carbonyl (C=O) groups is 1. The summed E-state index contributed by atoms with van der Waals surface area (Å²) in [5, 5.41) is 2.91. The van der Waals surface area contributed by atoms with Gasteiger partial charge >= 0.3 is 0 Å². The first-order valence-corrected chi connectivity index (χ1v) is 12.0. The minimum atomic E-state index is -4.11. The number of nitrogens with one attached hydrogen (secondary N) is 2. The number of halogens is 2. The third-order valence-electron chi connectivity index (χ3n) is 5.51. The summed E-state index contributed by atoms with van der Waals surface area (Å²) in [4.78, 5) is 14.5. The maximum Gasteiger partial charge on any atom is 0.261 e. The van der Waals surface area contributed by atoms with Crippen LogP contribution in [0.2, 0.25) is 0 Å². The Kier molecular flexibility index (Phi) is 6.75. The Morgan fingerprint density at radius 1 is 1.03 bits per heavy atom. The minimum absolute atomic E-state index is 0.0614. The molecule has 1 fully saturated rings. The van der Waals surface area contributed by atoms with Gasteiger partial charge in [-0.15, -0.1) is 0 Å². The van der Waals surface area contributed by atoms with Crippen LogP contribution in [0.3, 0.4) is 0 Å². The second-order valence-corrected chi connectivity index (χ2v) is 9.43. The topological polar surface area (TPSA) is 91.7 Å². The lowest BCUT2D eigenvalue weighted by Crippen LogP contribution is -2.36. The molecule has 0 saturated carbocycles. The smallest absolute Gasteiger partial charge is 0.261 e. The SMILES string of the molecule is O=C(NC[C@H](c1ccco1)N1CCCC1)c1ccc(NS(=O)(=O)c2ccc(F)c(F)c2)cc1. The van der Waals surface area contributed by atoms with E-state index >= 15 is 0 Å². The fourth-order valence-electron chi connectivity index (χ4n) is 3.78. The van der Waals surface area contributed by atoms with E-state index in [9.17, 15) is 22.0 Å². The lowest BCUT2D eigenvalue weighted by Gasteiger charge is -2.26. The molecule has 0 unspecified atom stereocenters. The summed E-state index contributed by atoms with van der Waals surface area (Å²) in [5.41, 5.74) is 0.534. The molecule has 1 aromatic heterocycles. The molecule has 3 aromatic rings. The summed E-state index contributed by atoms with van der Waals surface area (Å²) in [7, 11) is -4.11. The molecule has 7 nitrogen and oxygen atoms in total. The number of nitrogens with zero attached hydrogens (tertiary/aromatic N) is 1. The summed E-state index contributed by atoms with van der Waals surface area (Å²) in [6.07, 6.45) is 3.82. The lowest BCUT2D eigenvalue weighted by atomic mass is 10.1. The second-order valence-electron chi connectivity index (χ2n) is 7.74. The van der Waals surface area contributed by atoms with Crippen LogP contribution >= 0.6 is 0 Å². The Morgan fingerprint density at radius 3 is 2.39 bits per heavy atom. The number of furan rings is 1. The molecule has 1 aliphatic rings. The first kappa shape index (κ1) is 22.9. The van der Waals surface area contributed by atoms with E-state index in [1.807, 2.05) is 12.1 Å². The largest absolute Gasteiger partial charge is 0.468 e. The number of hydrogen-bond donors (Lipinski definition) is 2. The van der Waals surface area contributed by atoms with Gasteiger partial charge in [-0.05, 0) is 80.5 Å². The van der Waals surface area contributed by atoms with E-state index in [1.54, 1.807) is 6.26 Å². The third-order valence-corrected chi connectivity index (χ3v) is 6.89. The molecule has 33 heavy (non-hydrogen) atoms. The molecular weight excluding hydrogens is 452 g/mol. The maximum atomic E-state index is 13.4. The van der Waals surface area contributed by atoms with Crippen LogP contribution in [0, 0.1) is 11.6 Å². The summed E-state index contributed by atoms with van der Waals surface area (Å²) in [5.74, 6) is -1.91. The van der Waals surface area contributed by atoms with Gasteiger partial charge in [0, 0.05) is 17.8 Å². The number of rotatable bonds is 8. The van der Waals surface area contributed by atoms with Crippen molar-refractivity contribution in [3.05, 3.63) is 83.8 Å². The van der Waals surface area contributed by atoms with E-state index < -0.39 is 26.6 Å². The minimum Gasteiger partial charge on any atom is -0.468 e. The van der Waals surface area contributed by atoms with E-state index in [0.717, 1.165) is 43.8 Å². The van der Waals surface area contributed by atoms with E-state index in [2.05, 4.69) is 14.9 Å². The number of amides is 1. The first-order valence-electron chi connectivity index (χ1n) is 10.5. The van der Waals surface area contributed by atoms with Crippen LogP contribution in [0.5, 0.6) is 0 Å². The molecule has 1 aliphatic heterocycles. The summed E-state index contributed by atoms with van der Waals surface area (Å²) in [6.45, 7) is 2.25. The Bertz CT molecular complexity index is 1210. The van der Waals surface area contributed by atoms with Crippen molar-refractivity contribution in [3.8, 4) is 0 Å². The van der Waals surface area contributed by atoms with Crippen LogP contribution in [-0.2, 0) is 10.0 Å². The average molecular weight is 476 g/mol. The molecule has 0 aliphatic carbocycles. The Balaban J connectivity index is 1.40. The van der Waals surface area contributed by atoms with Crippen molar-refractivity contribution in [2.24, 2.45) is 0 Å². The van der Waals surface area contributed by atoms with Gasteiger partial charge in [0.2, 0.25) is 0 Å². The van der Waals surface area contributed by atoms with Crippen molar-refractivity contribution in [1.29, 1.82) is 0 Å². The molecule has 2 aromatic carbocycles. The molecule has 0 spiro atoms. The predicted molar refractivity (Wildman–Crippen MR) is 118 cm³/mol. The molecular formula is C23H23F2N3O4S. The van der Waals surface area contributed by atoms with Gasteiger partial charge in [0.25, 0.3) is 15.9 Å². The van der Waals surface area contributed by atoms with Crippen LogP contribution in [0.4, 0.5) is 14.5 Å². The van der Waals surface area contributed by atoms with Crippen molar-refractivity contribution in [2.45, 2.75) is 23.8 Å². The summed E-state index contributed by atoms with van der Waals surface area (Å²) < 4.78 is 59.1. The molecule has 1 amide bonds. The highest BCUT2D eigenvalue weighted by Crippen LogP contribution is 2.25. The zero-order valence-corrected chi connectivity index (χ0v) is 18.4. The normalized spacial score (nSPS) is 15.3. The van der Waals surface area contributed by atoms with Crippen molar-refractivity contribution >= 4 is 21.6 Å². The maximum absolute atomic E-state index is 13.4. The van der Waals surface area contributed by atoms with E-state index in [1.165, 1.54) is 24.3 Å². The highest BCUT2D eigenvalue weighted by molar-refractivity contribution is 7.92. The van der Waals surface area contributed by atoms with E-state index in [4.69, 9.17) is 4.42 Å². The van der Waals surface area contributed by atoms with Crippen molar-refractivity contribution < 1.29 is 26.4 Å². The molecule has 1 saturated heterocycles. The van der Waals surface area contributed by atoms with Gasteiger partial charge in [-0.1, -0.05) is 0 Å². The van der Waals surface area contributed by atoms with Crippen LogP contribution in [0.15, 0.2) is 70.2 Å². The van der Waals surface area contributed by atoms with Crippen LogP contribution in [-0.4, -0.2) is 38.9 Å². The van der Waals surface area contributed by atoms with Gasteiger partial charge < -0.3 is 9.73 Å². The Labute approximate surface area is 190 Å². The first-order chi connectivity index (χ1) is 15.8. The van der Waals surface area contributed by atoms with Crippen LogP contribution in [0.25, 0.3) is 0 Å². The van der Waals surface area contributed by atoms with Gasteiger partial charge in [-0.3, -0.25) is 14.4 Å². The van der Waals surface area contributed by atoms with E-state index in [0.29, 0.717) is 18.2 Å². The number of hydrogen-bond acceptors (Lipinski definition) is 5. The summed E-state index contributed by atoms with van der Waals surface area (Å²) >= 11 is 0. The van der Waals surface area contributed by atoms with Gasteiger partial charge in [0.05, 0.1) is 17.2 Å². The number of anilines is 1. The van der Waals surface area contributed by atoms with Gasteiger partial charge in [-0.2, -0.15) is 0 Å². The number of likely N-dealkylation sites (tertiary alicyclic amines) is 1. The molecule has 2 N–H and O–H groups in total. The second kappa shape index (κ2) is 9.72. The molecule has 2 heterocycles. The zero-order chi connectivity index (χ0) is 23.4. The third kappa shape index (κ3) is 5.40. The van der Waals surface area contributed by atoms with Gasteiger partial charge in [-0.25, -0.2) is 17.2 Å². The fraction of sp³-hybridized carbons (Fsp3) is 0.261. The lowest BCUT2D eigenvalue weighted by molar-refractivity contribution is 0.0934. The van der Waals surface area contributed by atoms with Gasteiger partial charge in [0.1, 0.15) is 5.76 Å². The Morgan fingerprint density at radius 2 is 1.76 bits per heavy atom. The van der Waals surface area contributed by atoms with E-state index in [-0.39, 0.29) is 17.6 Å². The van der Waals surface area contributed by atoms with Crippen molar-refractivity contribution in [1.82, 2.24) is 10.2 Å². The van der Waals surface area contributed by atoms with Crippen LogP contribution in [0.1, 0.15) is 35.0 Å². The monoisotopic (exact) mass is 475 g/mol. The number of benzene rings is 2. The zero-order valence-electron chi connectivity index (χ0n) is 17.6.